The van der Waals surface area contributed by atoms with Crippen molar-refractivity contribution in [2.24, 2.45) is 7.05 Å². The van der Waals surface area contributed by atoms with Gasteiger partial charge in [0.1, 0.15) is 11.5 Å². The molecule has 0 bridgehead atoms. The van der Waals surface area contributed by atoms with E-state index in [-0.39, 0.29) is 11.6 Å². The summed E-state index contributed by atoms with van der Waals surface area (Å²) in [6.45, 7) is 11.8. The summed E-state index contributed by atoms with van der Waals surface area (Å²) in [5.41, 5.74) is 4.02. The third kappa shape index (κ3) is 4.88. The van der Waals surface area contributed by atoms with Crippen LogP contribution in [-0.4, -0.2) is 62.4 Å². The molecule has 0 unspecified atom stereocenters. The Morgan fingerprint density at radius 2 is 1.83 bits per heavy atom. The minimum atomic E-state index is -0.472. The molecular weight excluding hydrogens is 455 g/mol. The van der Waals surface area contributed by atoms with E-state index in [2.05, 4.69) is 62.0 Å². The van der Waals surface area contributed by atoms with Crippen LogP contribution in [0.2, 0.25) is 0 Å². The van der Waals surface area contributed by atoms with Crippen molar-refractivity contribution in [3.05, 3.63) is 54.2 Å². The molecule has 1 aliphatic heterocycles. The molecule has 36 heavy (non-hydrogen) atoms. The van der Waals surface area contributed by atoms with Crippen molar-refractivity contribution in [2.45, 2.75) is 33.1 Å². The lowest BCUT2D eigenvalue weighted by Crippen LogP contribution is -2.46. The van der Waals surface area contributed by atoms with Gasteiger partial charge in [0.2, 0.25) is 5.95 Å². The van der Waals surface area contributed by atoms with Crippen LogP contribution in [0.25, 0.3) is 22.2 Å². The van der Waals surface area contributed by atoms with Crippen molar-refractivity contribution in [1.29, 1.82) is 0 Å². The highest BCUT2D eigenvalue weighted by molar-refractivity contribution is 5.86. The Labute approximate surface area is 211 Å². The number of nitrogens with one attached hydrogen (secondary N) is 1. The van der Waals surface area contributed by atoms with Gasteiger partial charge in [0.05, 0.1) is 23.6 Å². The summed E-state index contributed by atoms with van der Waals surface area (Å²) in [5, 5.41) is 8.71. The molecule has 0 saturated carbocycles. The Balaban J connectivity index is 1.34. The molecule has 0 atom stereocenters. The van der Waals surface area contributed by atoms with Gasteiger partial charge >= 0.3 is 0 Å². The number of rotatable bonds is 7. The predicted molar refractivity (Wildman–Crippen MR) is 142 cm³/mol. The van der Waals surface area contributed by atoms with Gasteiger partial charge in [0.15, 0.2) is 5.82 Å². The first-order valence-electron chi connectivity index (χ1n) is 12.6. The van der Waals surface area contributed by atoms with Crippen molar-refractivity contribution in [3.8, 4) is 11.3 Å². The lowest BCUT2D eigenvalue weighted by molar-refractivity contribution is 0.258. The zero-order chi connectivity index (χ0) is 25.2. The van der Waals surface area contributed by atoms with E-state index >= 15 is 0 Å². The third-order valence-corrected chi connectivity index (χ3v) is 6.71. The molecule has 0 amide bonds. The first-order chi connectivity index (χ1) is 17.4. The first-order valence-corrected chi connectivity index (χ1v) is 12.6. The van der Waals surface area contributed by atoms with Gasteiger partial charge in [0, 0.05) is 49.9 Å². The van der Waals surface area contributed by atoms with E-state index in [1.54, 1.807) is 0 Å². The molecule has 8 nitrogen and oxygen atoms in total. The molecule has 188 valence electrons. The molecule has 0 radical (unpaired) electrons. The molecule has 1 fully saturated rings. The molecule has 9 heteroatoms. The molecule has 3 aromatic heterocycles. The molecule has 4 aromatic rings. The summed E-state index contributed by atoms with van der Waals surface area (Å²) >= 11 is 0. The third-order valence-electron chi connectivity index (χ3n) is 6.71. The average Bonchev–Trinajstić information content (AvgIpc) is 3.21. The topological polar surface area (TPSA) is 75.0 Å². The number of fused-ring (bicyclic) bond motifs is 1. The number of anilines is 3. The minimum absolute atomic E-state index is 0.245. The fourth-order valence-electron chi connectivity index (χ4n) is 4.99. The SMILES string of the molecule is CCCN1CCN(c2ccc(Nc3ncc(F)c(-c4ccc5nn(C)c(C(C)C)c5c4)n3)nc2)CC1. The van der Waals surface area contributed by atoms with Crippen LogP contribution >= 0.6 is 0 Å². The zero-order valence-electron chi connectivity index (χ0n) is 21.4. The predicted octanol–water partition coefficient (Wildman–Crippen LogP) is 4.96. The molecule has 1 aliphatic rings. The van der Waals surface area contributed by atoms with E-state index in [1.807, 2.05) is 42.2 Å². The van der Waals surface area contributed by atoms with E-state index in [0.29, 0.717) is 17.3 Å². The molecule has 0 aliphatic carbocycles. The Bertz CT molecular complexity index is 1340. The van der Waals surface area contributed by atoms with Gasteiger partial charge in [-0.2, -0.15) is 5.10 Å². The van der Waals surface area contributed by atoms with Crippen molar-refractivity contribution in [3.63, 3.8) is 0 Å². The van der Waals surface area contributed by atoms with E-state index in [1.165, 1.54) is 12.6 Å². The van der Waals surface area contributed by atoms with Gasteiger partial charge in [-0.1, -0.05) is 26.8 Å². The quantitative estimate of drug-likeness (QED) is 0.394. The summed E-state index contributed by atoms with van der Waals surface area (Å²) in [4.78, 5) is 18.0. The number of halogens is 1. The van der Waals surface area contributed by atoms with Gasteiger partial charge in [-0.3, -0.25) is 9.58 Å². The van der Waals surface area contributed by atoms with Gasteiger partial charge in [-0.25, -0.2) is 19.3 Å². The van der Waals surface area contributed by atoms with Crippen LogP contribution < -0.4 is 10.2 Å². The van der Waals surface area contributed by atoms with Crippen molar-refractivity contribution < 1.29 is 4.39 Å². The van der Waals surface area contributed by atoms with Gasteiger partial charge in [-0.05, 0) is 43.1 Å². The standard InChI is InChI=1S/C27H33FN8/c1-5-10-35-11-13-36(14-12-35)20-7-9-24(29-16-20)31-27-30-17-22(28)25(32-27)19-6-8-23-21(15-19)26(18(2)3)34(4)33-23/h6-9,15-18H,5,10-14H2,1-4H3,(H,29,30,31,32). The molecule has 0 spiro atoms. The van der Waals surface area contributed by atoms with Crippen molar-refractivity contribution in [1.82, 2.24) is 29.6 Å². The highest BCUT2D eigenvalue weighted by atomic mass is 19.1. The summed E-state index contributed by atoms with van der Waals surface area (Å²) in [5.74, 6) is 0.735. The van der Waals surface area contributed by atoms with Gasteiger partial charge in [0.25, 0.3) is 0 Å². The van der Waals surface area contributed by atoms with Crippen LogP contribution in [0, 0.1) is 5.82 Å². The minimum Gasteiger partial charge on any atom is -0.368 e. The number of hydrogen-bond donors (Lipinski definition) is 1. The fraction of sp³-hybridized carbons (Fsp3) is 0.407. The second kappa shape index (κ2) is 10.2. The van der Waals surface area contributed by atoms with E-state index < -0.39 is 5.82 Å². The first kappa shape index (κ1) is 24.1. The van der Waals surface area contributed by atoms with Crippen LogP contribution in [0.1, 0.15) is 38.8 Å². The second-order valence-electron chi connectivity index (χ2n) is 9.64. The smallest absolute Gasteiger partial charge is 0.229 e. The Morgan fingerprint density at radius 3 is 2.53 bits per heavy atom. The van der Waals surface area contributed by atoms with Crippen LogP contribution in [0.3, 0.4) is 0 Å². The Morgan fingerprint density at radius 1 is 1.03 bits per heavy atom. The van der Waals surface area contributed by atoms with Gasteiger partial charge in [-0.15, -0.1) is 0 Å². The maximum atomic E-state index is 14.8. The maximum Gasteiger partial charge on any atom is 0.229 e. The number of aryl methyl sites for hydroxylation is 1. The lowest BCUT2D eigenvalue weighted by atomic mass is 10.0. The zero-order valence-corrected chi connectivity index (χ0v) is 21.4. The van der Waals surface area contributed by atoms with Crippen LogP contribution in [-0.2, 0) is 7.05 Å². The average molecular weight is 489 g/mol. The van der Waals surface area contributed by atoms with Crippen LogP contribution in [0.4, 0.5) is 21.8 Å². The molecule has 1 N–H and O–H groups in total. The molecule has 1 aromatic carbocycles. The summed E-state index contributed by atoms with van der Waals surface area (Å²) in [6.07, 6.45) is 4.25. The van der Waals surface area contributed by atoms with Crippen LogP contribution in [0.5, 0.6) is 0 Å². The molecular formula is C27H33FN8. The molecule has 5 rings (SSSR count). The summed E-state index contributed by atoms with van der Waals surface area (Å²) in [6, 6.07) is 9.69. The molecule has 4 heterocycles. The fourth-order valence-corrected chi connectivity index (χ4v) is 4.99. The van der Waals surface area contributed by atoms with E-state index in [9.17, 15) is 4.39 Å². The summed E-state index contributed by atoms with van der Waals surface area (Å²) in [7, 11) is 1.94. The second-order valence-corrected chi connectivity index (χ2v) is 9.64. The monoisotopic (exact) mass is 488 g/mol. The lowest BCUT2D eigenvalue weighted by Gasteiger charge is -2.35. The normalized spacial score (nSPS) is 14.7. The Hall–Kier alpha value is -3.59. The largest absolute Gasteiger partial charge is 0.368 e. The highest BCUT2D eigenvalue weighted by Crippen LogP contribution is 2.30. The summed E-state index contributed by atoms with van der Waals surface area (Å²) < 4.78 is 16.7. The number of aromatic nitrogens is 5. The van der Waals surface area contributed by atoms with Gasteiger partial charge < -0.3 is 10.2 Å². The number of benzene rings is 1. The van der Waals surface area contributed by atoms with Crippen molar-refractivity contribution >= 4 is 28.4 Å². The van der Waals surface area contributed by atoms with E-state index in [0.717, 1.165) is 55.0 Å². The maximum absolute atomic E-state index is 14.8. The Kier molecular flexibility index (Phi) is 6.82. The van der Waals surface area contributed by atoms with Crippen LogP contribution in [0.15, 0.2) is 42.7 Å². The number of piperazine rings is 1. The number of pyridine rings is 1. The van der Waals surface area contributed by atoms with Crippen molar-refractivity contribution in [2.75, 3.05) is 42.9 Å². The molecule has 1 saturated heterocycles. The number of nitrogens with zero attached hydrogens (tertiary/aromatic N) is 7. The highest BCUT2D eigenvalue weighted by Gasteiger charge is 2.18. The van der Waals surface area contributed by atoms with E-state index in [4.69, 9.17) is 0 Å². The number of hydrogen-bond acceptors (Lipinski definition) is 7.